The fourth-order valence-corrected chi connectivity index (χ4v) is 4.98. The van der Waals surface area contributed by atoms with E-state index in [1.165, 1.54) is 25.7 Å². The second kappa shape index (κ2) is 6.44. The molecule has 6 nitrogen and oxygen atoms in total. The first-order chi connectivity index (χ1) is 13.2. The predicted octanol–water partition coefficient (Wildman–Crippen LogP) is 3.80. The maximum Gasteiger partial charge on any atom is 0.225 e. The van der Waals surface area contributed by atoms with Crippen molar-refractivity contribution in [3.05, 3.63) is 36.7 Å². The van der Waals surface area contributed by atoms with Crippen LogP contribution in [-0.4, -0.2) is 25.9 Å². The second-order valence-corrected chi connectivity index (χ2v) is 8.00. The van der Waals surface area contributed by atoms with E-state index in [2.05, 4.69) is 26.7 Å². The summed E-state index contributed by atoms with van der Waals surface area (Å²) in [6.07, 6.45) is 9.56. The Hall–Kier alpha value is -2.76. The predicted molar refractivity (Wildman–Crippen MR) is 104 cm³/mol. The van der Waals surface area contributed by atoms with Gasteiger partial charge in [0.25, 0.3) is 0 Å². The lowest BCUT2D eigenvalue weighted by molar-refractivity contribution is -0.117. The van der Waals surface area contributed by atoms with Crippen LogP contribution in [0.1, 0.15) is 32.1 Å². The quantitative estimate of drug-likeness (QED) is 0.767. The van der Waals surface area contributed by atoms with Gasteiger partial charge in [-0.05, 0) is 61.0 Å². The zero-order valence-corrected chi connectivity index (χ0v) is 15.4. The number of rotatable bonds is 4. The molecule has 0 spiro atoms. The maximum absolute atomic E-state index is 12.5. The number of hydrogen-bond donors (Lipinski definition) is 1. The van der Waals surface area contributed by atoms with Gasteiger partial charge in [-0.2, -0.15) is 0 Å². The van der Waals surface area contributed by atoms with Crippen LogP contribution < -0.4 is 5.32 Å². The molecule has 138 valence electrons. The molecule has 6 heteroatoms. The first-order valence-electron chi connectivity index (χ1n) is 9.72. The summed E-state index contributed by atoms with van der Waals surface area (Å²) >= 11 is 0. The van der Waals surface area contributed by atoms with Crippen molar-refractivity contribution in [2.24, 2.45) is 24.8 Å². The smallest absolute Gasteiger partial charge is 0.225 e. The molecule has 0 saturated heterocycles. The number of hydrogen-bond acceptors (Lipinski definition) is 4. The van der Waals surface area contributed by atoms with Gasteiger partial charge >= 0.3 is 0 Å². The number of carbonyl (C=O) groups excluding carboxylic acids is 1. The minimum Gasteiger partial charge on any atom is -0.311 e. The number of nitrogens with zero attached hydrogens (tertiary/aromatic N) is 4. The average molecular weight is 361 g/mol. The molecule has 2 saturated carbocycles. The van der Waals surface area contributed by atoms with E-state index in [0.717, 1.165) is 33.9 Å². The summed E-state index contributed by atoms with van der Waals surface area (Å²) in [6, 6.07) is 8.04. The summed E-state index contributed by atoms with van der Waals surface area (Å²) in [6.45, 7) is 0. The fourth-order valence-electron chi connectivity index (χ4n) is 4.98. The standard InChI is InChI=1S/C21H23N5O/c1-26-12-19(24-25-26)15-6-7-16-11-22-20(9-17(16)8-15)23-21(27)10-18-13-2-3-14(18)5-4-13/h6-9,11-14,18H,2-5,10H2,1H3,(H,22,23,27). The van der Waals surface area contributed by atoms with E-state index in [1.807, 2.05) is 37.6 Å². The van der Waals surface area contributed by atoms with Crippen LogP contribution in [0.2, 0.25) is 0 Å². The van der Waals surface area contributed by atoms with E-state index in [4.69, 9.17) is 0 Å². The number of pyridine rings is 1. The molecule has 3 aromatic rings. The topological polar surface area (TPSA) is 72.7 Å². The van der Waals surface area contributed by atoms with Gasteiger partial charge in [-0.1, -0.05) is 17.3 Å². The van der Waals surface area contributed by atoms with Crippen molar-refractivity contribution in [1.29, 1.82) is 0 Å². The molecular formula is C21H23N5O. The van der Waals surface area contributed by atoms with Crippen LogP contribution >= 0.6 is 0 Å². The van der Waals surface area contributed by atoms with Crippen molar-refractivity contribution in [3.63, 3.8) is 0 Å². The molecule has 5 rings (SSSR count). The molecule has 0 unspecified atom stereocenters. The summed E-state index contributed by atoms with van der Waals surface area (Å²) in [5.74, 6) is 2.82. The highest BCUT2D eigenvalue weighted by Gasteiger charge is 2.42. The number of benzene rings is 1. The Labute approximate surface area is 158 Å². The first-order valence-corrected chi connectivity index (χ1v) is 9.72. The van der Waals surface area contributed by atoms with Crippen LogP contribution in [0.5, 0.6) is 0 Å². The highest BCUT2D eigenvalue weighted by atomic mass is 16.1. The van der Waals surface area contributed by atoms with Gasteiger partial charge in [0.05, 0.1) is 6.20 Å². The van der Waals surface area contributed by atoms with Crippen LogP contribution in [0.4, 0.5) is 5.82 Å². The third kappa shape index (κ3) is 3.09. The van der Waals surface area contributed by atoms with Crippen LogP contribution in [0.15, 0.2) is 36.7 Å². The van der Waals surface area contributed by atoms with E-state index in [0.29, 0.717) is 18.2 Å². The minimum absolute atomic E-state index is 0.0933. The monoisotopic (exact) mass is 361 g/mol. The van der Waals surface area contributed by atoms with Gasteiger partial charge in [-0.3, -0.25) is 9.48 Å². The number of fused-ring (bicyclic) bond motifs is 3. The number of aromatic nitrogens is 4. The van der Waals surface area contributed by atoms with E-state index in [-0.39, 0.29) is 5.91 Å². The zero-order chi connectivity index (χ0) is 18.4. The van der Waals surface area contributed by atoms with Gasteiger partial charge in [0.2, 0.25) is 5.91 Å². The summed E-state index contributed by atoms with van der Waals surface area (Å²) < 4.78 is 1.69. The third-order valence-electron chi connectivity index (χ3n) is 6.34. The van der Waals surface area contributed by atoms with E-state index >= 15 is 0 Å². The minimum atomic E-state index is 0.0933. The molecule has 2 aliphatic rings. The summed E-state index contributed by atoms with van der Waals surface area (Å²) in [5.41, 5.74) is 1.83. The van der Waals surface area contributed by atoms with E-state index in [1.54, 1.807) is 4.68 Å². The number of carbonyl (C=O) groups is 1. The van der Waals surface area contributed by atoms with Crippen LogP contribution in [0.3, 0.4) is 0 Å². The molecule has 1 amide bonds. The Balaban J connectivity index is 1.35. The van der Waals surface area contributed by atoms with E-state index in [9.17, 15) is 4.79 Å². The Morgan fingerprint density at radius 2 is 1.93 bits per heavy atom. The Morgan fingerprint density at radius 1 is 1.15 bits per heavy atom. The highest BCUT2D eigenvalue weighted by molar-refractivity contribution is 5.94. The van der Waals surface area contributed by atoms with Crippen molar-refractivity contribution < 1.29 is 4.79 Å². The lowest BCUT2D eigenvalue weighted by Gasteiger charge is -2.15. The molecule has 1 N–H and O–H groups in total. The molecule has 2 bridgehead atoms. The second-order valence-electron chi connectivity index (χ2n) is 8.00. The van der Waals surface area contributed by atoms with Crippen molar-refractivity contribution >= 4 is 22.5 Å². The normalized spacial score (nSPS) is 23.8. The van der Waals surface area contributed by atoms with Crippen LogP contribution in [-0.2, 0) is 11.8 Å². The maximum atomic E-state index is 12.5. The van der Waals surface area contributed by atoms with Crippen LogP contribution in [0.25, 0.3) is 22.0 Å². The molecule has 2 fully saturated rings. The van der Waals surface area contributed by atoms with Gasteiger partial charge in [0.15, 0.2) is 0 Å². The molecule has 27 heavy (non-hydrogen) atoms. The number of aryl methyl sites for hydroxylation is 1. The molecule has 0 radical (unpaired) electrons. The van der Waals surface area contributed by atoms with Crippen molar-refractivity contribution in [2.45, 2.75) is 32.1 Å². The number of amides is 1. The average Bonchev–Trinajstić information content (AvgIpc) is 3.37. The first kappa shape index (κ1) is 16.4. The lowest BCUT2D eigenvalue weighted by atomic mass is 9.94. The lowest BCUT2D eigenvalue weighted by Crippen LogP contribution is -2.19. The molecule has 2 aliphatic carbocycles. The SMILES string of the molecule is Cn1cc(-c2ccc3cnc(NC(=O)CC4C5CCC4CC5)cc3c2)nn1. The summed E-state index contributed by atoms with van der Waals surface area (Å²) in [4.78, 5) is 17.0. The van der Waals surface area contributed by atoms with Gasteiger partial charge < -0.3 is 5.32 Å². The Kier molecular flexibility index (Phi) is 3.92. The zero-order valence-electron chi connectivity index (χ0n) is 15.4. The molecule has 2 heterocycles. The van der Waals surface area contributed by atoms with E-state index < -0.39 is 0 Å². The number of anilines is 1. The molecule has 1 aromatic carbocycles. The van der Waals surface area contributed by atoms with Gasteiger partial charge in [-0.15, -0.1) is 5.10 Å². The van der Waals surface area contributed by atoms with Crippen molar-refractivity contribution in [2.75, 3.05) is 5.32 Å². The van der Waals surface area contributed by atoms with Gasteiger partial charge in [0, 0.05) is 30.6 Å². The summed E-state index contributed by atoms with van der Waals surface area (Å²) in [7, 11) is 1.85. The number of nitrogens with one attached hydrogen (secondary N) is 1. The third-order valence-corrected chi connectivity index (χ3v) is 6.34. The van der Waals surface area contributed by atoms with Gasteiger partial charge in [0.1, 0.15) is 11.5 Å². The van der Waals surface area contributed by atoms with Crippen molar-refractivity contribution in [1.82, 2.24) is 20.0 Å². The molecule has 0 atom stereocenters. The summed E-state index contributed by atoms with van der Waals surface area (Å²) in [5, 5.41) is 13.2. The highest BCUT2D eigenvalue weighted by Crippen LogP contribution is 2.50. The molecule has 2 aromatic heterocycles. The largest absolute Gasteiger partial charge is 0.311 e. The Bertz CT molecular complexity index is 991. The fraction of sp³-hybridized carbons (Fsp3) is 0.429. The van der Waals surface area contributed by atoms with Crippen molar-refractivity contribution in [3.8, 4) is 11.3 Å². The van der Waals surface area contributed by atoms with Crippen LogP contribution in [0, 0.1) is 17.8 Å². The molecule has 0 aliphatic heterocycles. The van der Waals surface area contributed by atoms with Gasteiger partial charge in [-0.25, -0.2) is 4.98 Å². The molecular weight excluding hydrogens is 338 g/mol. The Morgan fingerprint density at radius 3 is 2.63 bits per heavy atom.